The van der Waals surface area contributed by atoms with Crippen molar-refractivity contribution in [3.63, 3.8) is 0 Å². The van der Waals surface area contributed by atoms with Crippen molar-refractivity contribution in [2.24, 2.45) is 0 Å². The summed E-state index contributed by atoms with van der Waals surface area (Å²) in [4.78, 5) is 36.8. The van der Waals surface area contributed by atoms with Crippen LogP contribution in [0.4, 0.5) is 5.69 Å². The topological polar surface area (TPSA) is 149 Å². The van der Waals surface area contributed by atoms with Gasteiger partial charge in [0.15, 0.2) is 5.69 Å². The lowest BCUT2D eigenvalue weighted by Gasteiger charge is -2.28. The van der Waals surface area contributed by atoms with E-state index in [0.29, 0.717) is 22.2 Å². The van der Waals surface area contributed by atoms with Crippen LogP contribution in [0.1, 0.15) is 146 Å². The molecule has 8 bridgehead atoms. The standard InChI is InChI=1S/C41H53N9O2S/c1-10-11-12-13-14-15-22-53-37-47-36-42-24-26(50(51)52)34(49(36)48-37)25-23-33-40(6,7)31-19-18-29(44-31)38(2,3)27-16-17-28(43-27)39(4,5)30-20-21-32(45-30)41(8,9)35(25)46-33/h16-21,23-24,43-46H,10-15,22H2,1-9H3. The Morgan fingerprint density at radius 1 is 0.698 bits per heavy atom. The van der Waals surface area contributed by atoms with E-state index in [1.54, 1.807) is 16.3 Å². The van der Waals surface area contributed by atoms with Gasteiger partial charge in [0.05, 0.1) is 4.92 Å². The van der Waals surface area contributed by atoms with Crippen LogP contribution in [0.25, 0.3) is 17.0 Å². The summed E-state index contributed by atoms with van der Waals surface area (Å²) in [7, 11) is 0. The second-order valence-electron chi connectivity index (χ2n) is 16.8. The lowest BCUT2D eigenvalue weighted by Crippen LogP contribution is -2.26. The Kier molecular flexibility index (Phi) is 9.27. The molecule has 0 atom stereocenters. The van der Waals surface area contributed by atoms with Crippen LogP contribution in [0.3, 0.4) is 0 Å². The van der Waals surface area contributed by atoms with E-state index in [1.807, 2.05) is 0 Å². The average Bonchev–Trinajstić information content (AvgIpc) is 3.94. The van der Waals surface area contributed by atoms with Crippen LogP contribution in [0.5, 0.6) is 0 Å². The van der Waals surface area contributed by atoms with Crippen LogP contribution < -0.4 is 0 Å². The Hall–Kier alpha value is -4.58. The smallest absolute Gasteiger partial charge is 0.313 e. The van der Waals surface area contributed by atoms with E-state index < -0.39 is 10.8 Å². The first-order valence-electron chi connectivity index (χ1n) is 18.9. The summed E-state index contributed by atoms with van der Waals surface area (Å²) in [6.45, 7) is 19.8. The highest BCUT2D eigenvalue weighted by atomic mass is 32.2. The molecule has 0 aromatic carbocycles. The van der Waals surface area contributed by atoms with Crippen molar-refractivity contribution in [1.29, 1.82) is 0 Å². The highest BCUT2D eigenvalue weighted by Gasteiger charge is 2.39. The highest BCUT2D eigenvalue weighted by molar-refractivity contribution is 7.99. The molecule has 0 spiro atoms. The molecule has 7 rings (SSSR count). The van der Waals surface area contributed by atoms with Crippen LogP contribution in [0, 0.1) is 10.1 Å². The van der Waals surface area contributed by atoms with Crippen LogP contribution in [-0.4, -0.2) is 50.2 Å². The van der Waals surface area contributed by atoms with Crippen molar-refractivity contribution in [1.82, 2.24) is 39.5 Å². The molecule has 0 aliphatic carbocycles. The Bertz CT molecular complexity index is 2280. The molecule has 0 amide bonds. The van der Waals surface area contributed by atoms with Gasteiger partial charge in [-0.2, -0.15) is 9.50 Å². The molecule has 1 aliphatic heterocycles. The molecule has 11 nitrogen and oxygen atoms in total. The molecule has 1 aliphatic rings. The van der Waals surface area contributed by atoms with Crippen molar-refractivity contribution in [2.75, 3.05) is 5.75 Å². The second-order valence-corrected chi connectivity index (χ2v) is 17.9. The summed E-state index contributed by atoms with van der Waals surface area (Å²) in [6, 6.07) is 15.1. The van der Waals surface area contributed by atoms with Crippen molar-refractivity contribution >= 4 is 23.2 Å². The first kappa shape index (κ1) is 36.8. The van der Waals surface area contributed by atoms with Gasteiger partial charge in [0.2, 0.25) is 5.16 Å². The number of nitrogens with zero attached hydrogens (tertiary/aromatic N) is 5. The fourth-order valence-corrected chi connectivity index (χ4v) is 8.53. The number of aromatic nitrogens is 8. The predicted molar refractivity (Wildman–Crippen MR) is 212 cm³/mol. The Morgan fingerprint density at radius 2 is 1.19 bits per heavy atom. The molecule has 0 unspecified atom stereocenters. The lowest BCUT2D eigenvalue weighted by atomic mass is 9.83. The molecular formula is C41H53N9O2S. The number of hydrogen-bond donors (Lipinski definition) is 4. The van der Waals surface area contributed by atoms with Gasteiger partial charge >= 0.3 is 5.69 Å². The maximum Gasteiger partial charge on any atom is 0.313 e. The fourth-order valence-electron chi connectivity index (χ4n) is 7.71. The molecule has 0 saturated heterocycles. The maximum absolute atomic E-state index is 12.8. The van der Waals surface area contributed by atoms with E-state index in [1.165, 1.54) is 38.3 Å². The number of H-pyrrole nitrogens is 4. The van der Waals surface area contributed by atoms with Gasteiger partial charge in [-0.1, -0.05) is 50.8 Å². The predicted octanol–water partition coefficient (Wildman–Crippen LogP) is 10.1. The minimum absolute atomic E-state index is 0.124. The van der Waals surface area contributed by atoms with Crippen molar-refractivity contribution in [3.05, 3.63) is 104 Å². The van der Waals surface area contributed by atoms with Gasteiger partial charge in [-0.15, -0.1) is 5.10 Å². The molecule has 6 aromatic heterocycles. The number of nitro groups is 1. The van der Waals surface area contributed by atoms with E-state index in [4.69, 9.17) is 10.1 Å². The fraction of sp³-hybridized carbons (Fsp3) is 0.488. The zero-order chi connectivity index (χ0) is 37.9. The monoisotopic (exact) mass is 735 g/mol. The first-order valence-corrected chi connectivity index (χ1v) is 19.9. The normalized spacial score (nSPS) is 17.0. The summed E-state index contributed by atoms with van der Waals surface area (Å²) in [5.74, 6) is 1.22. The van der Waals surface area contributed by atoms with Crippen molar-refractivity contribution < 1.29 is 4.92 Å². The molecule has 0 fully saturated rings. The molecule has 12 heteroatoms. The van der Waals surface area contributed by atoms with E-state index in [9.17, 15) is 10.1 Å². The van der Waals surface area contributed by atoms with Crippen molar-refractivity contribution in [3.8, 4) is 11.3 Å². The Morgan fingerprint density at radius 3 is 1.72 bits per heavy atom. The molecule has 0 saturated carbocycles. The maximum atomic E-state index is 12.8. The van der Waals surface area contributed by atoms with Gasteiger partial charge in [-0.3, -0.25) is 10.1 Å². The van der Waals surface area contributed by atoms with Crippen LogP contribution in [0.15, 0.2) is 53.8 Å². The molecule has 0 radical (unpaired) electrons. The Labute approximate surface area is 315 Å². The number of rotatable bonds is 10. The van der Waals surface area contributed by atoms with E-state index >= 15 is 0 Å². The van der Waals surface area contributed by atoms with Crippen LogP contribution in [0.2, 0.25) is 0 Å². The third kappa shape index (κ3) is 6.32. The number of thioether (sulfide) groups is 1. The zero-order valence-electron chi connectivity index (χ0n) is 32.5. The van der Waals surface area contributed by atoms with Crippen LogP contribution >= 0.6 is 11.8 Å². The quantitative estimate of drug-likeness (QED) is 0.0476. The number of aromatic amines is 4. The summed E-state index contributed by atoms with van der Waals surface area (Å²) < 4.78 is 1.57. The SMILES string of the molecule is CCCCCCCCSc1nc2ncc([N+](=O)[O-])c(-c3cc4[nH]c3C(C)(C)c3ccc([nH]3)C(C)(C)c3ccc([nH]3)C(C)(C)c3ccc([nH]3)C4(C)C)n2n1. The molecule has 7 heterocycles. The van der Waals surface area contributed by atoms with Crippen molar-refractivity contribution in [2.45, 2.75) is 128 Å². The summed E-state index contributed by atoms with van der Waals surface area (Å²) in [5, 5.41) is 18.2. The molecule has 4 N–H and O–H groups in total. The largest absolute Gasteiger partial charge is 0.361 e. The number of hydrogen-bond acceptors (Lipinski definition) is 6. The lowest BCUT2D eigenvalue weighted by molar-refractivity contribution is -0.384. The number of nitrogens with one attached hydrogen (secondary N) is 4. The number of unbranched alkanes of at least 4 members (excludes halogenated alkanes) is 5. The third-order valence-electron chi connectivity index (χ3n) is 11.7. The summed E-state index contributed by atoms with van der Waals surface area (Å²) in [5.41, 5.74) is 7.23. The van der Waals surface area contributed by atoms with Crippen LogP contribution in [-0.2, 0) is 21.7 Å². The minimum atomic E-state index is -0.641. The summed E-state index contributed by atoms with van der Waals surface area (Å²) >= 11 is 1.58. The zero-order valence-corrected chi connectivity index (χ0v) is 33.3. The minimum Gasteiger partial charge on any atom is -0.361 e. The summed E-state index contributed by atoms with van der Waals surface area (Å²) in [6.07, 6.45) is 8.54. The molecule has 53 heavy (non-hydrogen) atoms. The first-order chi connectivity index (χ1) is 25.1. The van der Waals surface area contributed by atoms with E-state index in [-0.39, 0.29) is 21.4 Å². The Balaban J connectivity index is 1.40. The molecular weight excluding hydrogens is 683 g/mol. The second kappa shape index (κ2) is 13.4. The van der Waals surface area contributed by atoms with Gasteiger partial charge in [0.25, 0.3) is 5.78 Å². The average molecular weight is 736 g/mol. The third-order valence-corrected chi connectivity index (χ3v) is 12.6. The van der Waals surface area contributed by atoms with Gasteiger partial charge in [0.1, 0.15) is 6.20 Å². The highest BCUT2D eigenvalue weighted by Crippen LogP contribution is 2.45. The van der Waals surface area contributed by atoms with Gasteiger partial charge in [-0.05, 0) is 104 Å². The van der Waals surface area contributed by atoms with Gasteiger partial charge < -0.3 is 19.9 Å². The molecule has 280 valence electrons. The number of fused-ring (bicyclic) bond motifs is 9. The van der Waals surface area contributed by atoms with E-state index in [0.717, 1.165) is 57.7 Å². The molecule has 6 aromatic rings. The van der Waals surface area contributed by atoms with Gasteiger partial charge in [0, 0.05) is 78.5 Å². The van der Waals surface area contributed by atoms with E-state index in [2.05, 4.69) is 130 Å². The van der Waals surface area contributed by atoms with Gasteiger partial charge in [-0.25, -0.2) is 4.98 Å².